The van der Waals surface area contributed by atoms with Gasteiger partial charge < -0.3 is 4.74 Å². The summed E-state index contributed by atoms with van der Waals surface area (Å²) < 4.78 is 5.33. The van der Waals surface area contributed by atoms with Crippen molar-refractivity contribution in [3.05, 3.63) is 18.6 Å². The maximum absolute atomic E-state index is 5.33. The van der Waals surface area contributed by atoms with Crippen molar-refractivity contribution in [3.63, 3.8) is 0 Å². The lowest BCUT2D eigenvalue weighted by Crippen LogP contribution is -2.49. The highest BCUT2D eigenvalue weighted by Gasteiger charge is 2.17. The summed E-state index contributed by atoms with van der Waals surface area (Å²) in [6, 6.07) is 1.93. The molecule has 2 rings (SSSR count). The Hall–Kier alpha value is -1.20. The minimum absolute atomic E-state index is 0.793. The highest BCUT2D eigenvalue weighted by atomic mass is 16.5. The van der Waals surface area contributed by atoms with Crippen LogP contribution >= 0.6 is 0 Å². The molecule has 82 valence electrons. The van der Waals surface area contributed by atoms with E-state index in [1.807, 2.05) is 6.07 Å². The molecule has 0 unspecified atom stereocenters. The maximum atomic E-state index is 5.33. The van der Waals surface area contributed by atoms with Crippen molar-refractivity contribution >= 4 is 5.82 Å². The van der Waals surface area contributed by atoms with Gasteiger partial charge in [-0.3, -0.25) is 5.01 Å². The van der Waals surface area contributed by atoms with Gasteiger partial charge in [0.2, 0.25) is 0 Å². The molecule has 1 saturated heterocycles. The van der Waals surface area contributed by atoms with Crippen LogP contribution in [0.3, 0.4) is 0 Å². The Kier molecular flexibility index (Phi) is 3.47. The van der Waals surface area contributed by atoms with Gasteiger partial charge in [0, 0.05) is 31.9 Å². The Morgan fingerprint density at radius 1 is 1.47 bits per heavy atom. The van der Waals surface area contributed by atoms with Gasteiger partial charge in [-0.1, -0.05) is 0 Å². The van der Waals surface area contributed by atoms with Crippen molar-refractivity contribution in [3.8, 4) is 0 Å². The van der Waals surface area contributed by atoms with E-state index in [0.29, 0.717) is 0 Å². The van der Waals surface area contributed by atoms with Crippen LogP contribution in [0.2, 0.25) is 0 Å². The average molecular weight is 208 g/mol. The molecule has 1 fully saturated rings. The van der Waals surface area contributed by atoms with Crippen molar-refractivity contribution in [2.24, 2.45) is 0 Å². The summed E-state index contributed by atoms with van der Waals surface area (Å²) in [7, 11) is 0. The summed E-state index contributed by atoms with van der Waals surface area (Å²) in [5.74, 6) is 0.953. The number of hydrazine groups is 1. The fourth-order valence-electron chi connectivity index (χ4n) is 1.74. The molecule has 1 aliphatic heterocycles. The lowest BCUT2D eigenvalue weighted by Gasteiger charge is -2.37. The molecule has 1 aromatic heterocycles. The van der Waals surface area contributed by atoms with Crippen LogP contribution in [-0.4, -0.2) is 47.8 Å². The second kappa shape index (κ2) is 5.04. The van der Waals surface area contributed by atoms with E-state index in [9.17, 15) is 0 Å². The van der Waals surface area contributed by atoms with E-state index >= 15 is 0 Å². The molecule has 0 N–H and O–H groups in total. The molecule has 5 nitrogen and oxygen atoms in total. The number of morpholine rings is 1. The first-order valence-electron chi connectivity index (χ1n) is 5.28. The Bertz CT molecular complexity index is 287. The third-order valence-electron chi connectivity index (χ3n) is 2.46. The van der Waals surface area contributed by atoms with E-state index in [1.54, 1.807) is 12.5 Å². The SMILES string of the molecule is CCN(c1ccncn1)N1CCOCC1. The zero-order valence-corrected chi connectivity index (χ0v) is 8.96. The predicted octanol–water partition coefficient (Wildman–Crippen LogP) is 0.550. The first-order valence-corrected chi connectivity index (χ1v) is 5.28. The third kappa shape index (κ3) is 2.43. The summed E-state index contributed by atoms with van der Waals surface area (Å²) in [6.07, 6.45) is 3.35. The summed E-state index contributed by atoms with van der Waals surface area (Å²) in [5, 5.41) is 4.44. The Morgan fingerprint density at radius 3 is 2.87 bits per heavy atom. The minimum Gasteiger partial charge on any atom is -0.379 e. The molecule has 1 aromatic rings. The molecular formula is C10H16N4O. The molecule has 2 heterocycles. The molecule has 0 radical (unpaired) electrons. The highest BCUT2D eigenvalue weighted by Crippen LogP contribution is 2.12. The van der Waals surface area contributed by atoms with Crippen LogP contribution in [0, 0.1) is 0 Å². The van der Waals surface area contributed by atoms with Gasteiger partial charge in [0.15, 0.2) is 0 Å². The number of nitrogens with zero attached hydrogens (tertiary/aromatic N) is 4. The van der Waals surface area contributed by atoms with Crippen molar-refractivity contribution in [1.82, 2.24) is 15.0 Å². The van der Waals surface area contributed by atoms with E-state index in [1.165, 1.54) is 0 Å². The van der Waals surface area contributed by atoms with Gasteiger partial charge in [0.1, 0.15) is 12.1 Å². The van der Waals surface area contributed by atoms with Gasteiger partial charge in [0.05, 0.1) is 13.2 Å². The maximum Gasteiger partial charge on any atom is 0.146 e. The van der Waals surface area contributed by atoms with Crippen LogP contribution < -0.4 is 5.01 Å². The van der Waals surface area contributed by atoms with Crippen LogP contribution in [0.15, 0.2) is 18.6 Å². The molecule has 1 aliphatic rings. The van der Waals surface area contributed by atoms with Gasteiger partial charge in [0.25, 0.3) is 0 Å². The lowest BCUT2D eigenvalue weighted by molar-refractivity contribution is 0.0318. The van der Waals surface area contributed by atoms with E-state index in [-0.39, 0.29) is 0 Å². The zero-order chi connectivity index (χ0) is 10.5. The molecule has 0 aliphatic carbocycles. The molecule has 0 atom stereocenters. The molecule has 5 heteroatoms. The van der Waals surface area contributed by atoms with Gasteiger partial charge >= 0.3 is 0 Å². The molecule has 0 aromatic carbocycles. The minimum atomic E-state index is 0.793. The van der Waals surface area contributed by atoms with Crippen molar-refractivity contribution in [2.75, 3.05) is 37.9 Å². The lowest BCUT2D eigenvalue weighted by atomic mass is 10.4. The van der Waals surface area contributed by atoms with Crippen LogP contribution in [-0.2, 0) is 4.74 Å². The number of anilines is 1. The number of rotatable bonds is 3. The zero-order valence-electron chi connectivity index (χ0n) is 8.96. The Morgan fingerprint density at radius 2 is 2.27 bits per heavy atom. The summed E-state index contributed by atoms with van der Waals surface area (Å²) in [5.41, 5.74) is 0. The first kappa shape index (κ1) is 10.3. The Labute approximate surface area is 89.7 Å². The normalized spacial score (nSPS) is 17.7. The summed E-state index contributed by atoms with van der Waals surface area (Å²) >= 11 is 0. The number of ether oxygens (including phenoxy) is 1. The van der Waals surface area contributed by atoms with E-state index in [4.69, 9.17) is 4.74 Å². The van der Waals surface area contributed by atoms with E-state index in [0.717, 1.165) is 38.7 Å². The molecule has 0 saturated carbocycles. The average Bonchev–Trinajstić information content (AvgIpc) is 2.33. The van der Waals surface area contributed by atoms with Crippen molar-refractivity contribution in [2.45, 2.75) is 6.92 Å². The van der Waals surface area contributed by atoms with Crippen molar-refractivity contribution in [1.29, 1.82) is 0 Å². The van der Waals surface area contributed by atoms with Gasteiger partial charge in [-0.25, -0.2) is 15.0 Å². The highest BCUT2D eigenvalue weighted by molar-refractivity contribution is 5.34. The van der Waals surface area contributed by atoms with Crippen LogP contribution in [0.25, 0.3) is 0 Å². The van der Waals surface area contributed by atoms with Gasteiger partial charge in [-0.15, -0.1) is 0 Å². The molecule has 0 spiro atoms. The molecule has 0 amide bonds. The quantitative estimate of drug-likeness (QED) is 0.725. The topological polar surface area (TPSA) is 41.5 Å². The fourth-order valence-corrected chi connectivity index (χ4v) is 1.74. The van der Waals surface area contributed by atoms with Crippen molar-refractivity contribution < 1.29 is 4.74 Å². The summed E-state index contributed by atoms with van der Waals surface area (Å²) in [4.78, 5) is 8.18. The van der Waals surface area contributed by atoms with Crippen LogP contribution in [0.4, 0.5) is 5.82 Å². The smallest absolute Gasteiger partial charge is 0.146 e. The molecule has 0 bridgehead atoms. The largest absolute Gasteiger partial charge is 0.379 e. The number of hydrogen-bond donors (Lipinski definition) is 0. The monoisotopic (exact) mass is 208 g/mol. The number of aromatic nitrogens is 2. The third-order valence-corrected chi connectivity index (χ3v) is 2.46. The first-order chi connectivity index (χ1) is 7.42. The van der Waals surface area contributed by atoms with Crippen LogP contribution in [0.5, 0.6) is 0 Å². The molecule has 15 heavy (non-hydrogen) atoms. The van der Waals surface area contributed by atoms with Gasteiger partial charge in [-0.05, 0) is 6.92 Å². The predicted molar refractivity (Wildman–Crippen MR) is 57.4 cm³/mol. The fraction of sp³-hybridized carbons (Fsp3) is 0.600. The Balaban J connectivity index is 2.09. The second-order valence-electron chi connectivity index (χ2n) is 3.35. The molecular weight excluding hydrogens is 192 g/mol. The van der Waals surface area contributed by atoms with Crippen LogP contribution in [0.1, 0.15) is 6.92 Å². The number of hydrogen-bond acceptors (Lipinski definition) is 5. The van der Waals surface area contributed by atoms with E-state index in [2.05, 4.69) is 26.9 Å². The van der Waals surface area contributed by atoms with Gasteiger partial charge in [-0.2, -0.15) is 0 Å². The standard InChI is InChI=1S/C10H16N4O/c1-2-14(10-3-4-11-9-12-10)13-5-7-15-8-6-13/h3-4,9H,2,5-8H2,1H3. The summed E-state index contributed by atoms with van der Waals surface area (Å²) in [6.45, 7) is 6.48. The second-order valence-corrected chi connectivity index (χ2v) is 3.35. The van der Waals surface area contributed by atoms with E-state index < -0.39 is 0 Å².